The lowest BCUT2D eigenvalue weighted by molar-refractivity contribution is -0.197. The first-order valence-corrected chi connectivity index (χ1v) is 10.8. The molecule has 2 fully saturated rings. The van der Waals surface area contributed by atoms with Crippen LogP contribution < -0.4 is 5.32 Å². The van der Waals surface area contributed by atoms with Crippen molar-refractivity contribution in [3.05, 3.63) is 29.3 Å². The Bertz CT molecular complexity index is 733. The molecule has 1 heterocycles. The Labute approximate surface area is 167 Å². The maximum atomic E-state index is 13.3. The van der Waals surface area contributed by atoms with Gasteiger partial charge in [-0.1, -0.05) is 12.8 Å². The van der Waals surface area contributed by atoms with E-state index in [1.165, 1.54) is 0 Å². The van der Waals surface area contributed by atoms with Crippen molar-refractivity contribution in [2.45, 2.75) is 38.8 Å². The molecular formula is C20H25F3N2O2S. The normalized spacial score (nSPS) is 23.4. The summed E-state index contributed by atoms with van der Waals surface area (Å²) in [6.07, 6.45) is -2.98. The summed E-state index contributed by atoms with van der Waals surface area (Å²) in [5.74, 6) is -1.44. The third-order valence-corrected chi connectivity index (χ3v) is 6.50. The zero-order valence-electron chi connectivity index (χ0n) is 15.8. The van der Waals surface area contributed by atoms with E-state index in [1.54, 1.807) is 30.0 Å². The molecule has 1 aliphatic carbocycles. The molecule has 1 aromatic rings. The van der Waals surface area contributed by atoms with Crippen LogP contribution in [0.2, 0.25) is 0 Å². The summed E-state index contributed by atoms with van der Waals surface area (Å²) in [6.45, 7) is 3.17. The van der Waals surface area contributed by atoms with Crippen molar-refractivity contribution in [2.24, 2.45) is 11.8 Å². The van der Waals surface area contributed by atoms with Gasteiger partial charge in [-0.15, -0.1) is 0 Å². The van der Waals surface area contributed by atoms with Gasteiger partial charge in [-0.25, -0.2) is 0 Å². The Morgan fingerprint density at radius 2 is 1.82 bits per heavy atom. The molecule has 0 aromatic heterocycles. The van der Waals surface area contributed by atoms with Gasteiger partial charge >= 0.3 is 6.18 Å². The molecule has 28 heavy (non-hydrogen) atoms. The maximum Gasteiger partial charge on any atom is 0.392 e. The fraction of sp³-hybridized carbons (Fsp3) is 0.600. The highest BCUT2D eigenvalue weighted by Crippen LogP contribution is 2.42. The number of rotatable bonds is 3. The molecule has 1 aliphatic heterocycles. The number of halogens is 3. The predicted octanol–water partition coefficient (Wildman–Crippen LogP) is 4.49. The predicted molar refractivity (Wildman–Crippen MR) is 105 cm³/mol. The monoisotopic (exact) mass is 414 g/mol. The second-order valence-corrected chi connectivity index (χ2v) is 8.69. The van der Waals surface area contributed by atoms with Gasteiger partial charge < -0.3 is 10.2 Å². The van der Waals surface area contributed by atoms with Crippen molar-refractivity contribution < 1.29 is 22.8 Å². The minimum absolute atomic E-state index is 0.00211. The Morgan fingerprint density at radius 1 is 1.14 bits per heavy atom. The van der Waals surface area contributed by atoms with Crippen molar-refractivity contribution in [1.82, 2.24) is 4.90 Å². The highest BCUT2D eigenvalue weighted by atomic mass is 32.2. The number of carbonyl (C=O) groups is 2. The third-order valence-electron chi connectivity index (χ3n) is 5.55. The SMILES string of the molecule is Cc1cc(C(=O)N2CCSCC2)ccc1NC(=O)C1CCCCC1C(F)(F)F. The van der Waals surface area contributed by atoms with Crippen LogP contribution in [0, 0.1) is 18.8 Å². The molecule has 2 atom stereocenters. The number of hydrogen-bond acceptors (Lipinski definition) is 3. The number of nitrogens with zero attached hydrogens (tertiary/aromatic N) is 1. The second-order valence-electron chi connectivity index (χ2n) is 7.46. The summed E-state index contributed by atoms with van der Waals surface area (Å²) in [6, 6.07) is 4.95. The van der Waals surface area contributed by atoms with E-state index in [0.717, 1.165) is 11.5 Å². The van der Waals surface area contributed by atoms with Gasteiger partial charge in [0.2, 0.25) is 5.91 Å². The zero-order valence-corrected chi connectivity index (χ0v) is 16.7. The number of nitrogens with one attached hydrogen (secondary N) is 1. The van der Waals surface area contributed by atoms with Crippen LogP contribution in [0.3, 0.4) is 0 Å². The van der Waals surface area contributed by atoms with E-state index in [9.17, 15) is 22.8 Å². The van der Waals surface area contributed by atoms with Gasteiger partial charge in [-0.2, -0.15) is 24.9 Å². The zero-order chi connectivity index (χ0) is 20.3. The van der Waals surface area contributed by atoms with Gasteiger partial charge in [0.1, 0.15) is 0 Å². The largest absolute Gasteiger partial charge is 0.392 e. The molecule has 3 rings (SSSR count). The minimum atomic E-state index is -4.36. The number of hydrogen-bond donors (Lipinski definition) is 1. The molecule has 0 spiro atoms. The average molecular weight is 414 g/mol. The maximum absolute atomic E-state index is 13.3. The topological polar surface area (TPSA) is 49.4 Å². The minimum Gasteiger partial charge on any atom is -0.337 e. The van der Waals surface area contributed by atoms with Crippen LogP contribution in [0.5, 0.6) is 0 Å². The number of amides is 2. The number of benzene rings is 1. The fourth-order valence-electron chi connectivity index (χ4n) is 3.95. The summed E-state index contributed by atoms with van der Waals surface area (Å²) in [5, 5.41) is 2.66. The molecular weight excluding hydrogens is 389 g/mol. The van der Waals surface area contributed by atoms with Crippen molar-refractivity contribution in [3.63, 3.8) is 0 Å². The summed E-state index contributed by atoms with van der Waals surface area (Å²) in [7, 11) is 0. The van der Waals surface area contributed by atoms with Crippen LogP contribution in [0.25, 0.3) is 0 Å². The lowest BCUT2D eigenvalue weighted by Crippen LogP contribution is -2.39. The quantitative estimate of drug-likeness (QED) is 0.793. The molecule has 0 radical (unpaired) electrons. The van der Waals surface area contributed by atoms with Crippen LogP contribution >= 0.6 is 11.8 Å². The molecule has 1 aromatic carbocycles. The van der Waals surface area contributed by atoms with Crippen LogP contribution in [-0.4, -0.2) is 47.5 Å². The van der Waals surface area contributed by atoms with Gasteiger partial charge in [0.05, 0.1) is 5.92 Å². The summed E-state index contributed by atoms with van der Waals surface area (Å²) >= 11 is 1.82. The molecule has 0 bridgehead atoms. The number of alkyl halides is 3. The average Bonchev–Trinajstić information content (AvgIpc) is 2.69. The van der Waals surface area contributed by atoms with Crippen LogP contribution in [0.1, 0.15) is 41.6 Å². The van der Waals surface area contributed by atoms with Gasteiger partial charge in [-0.3, -0.25) is 9.59 Å². The van der Waals surface area contributed by atoms with Gasteiger partial charge in [0.25, 0.3) is 5.91 Å². The standard InChI is InChI=1S/C20H25F3N2O2S/c1-13-12-14(19(27)25-8-10-28-11-9-25)6-7-17(13)24-18(26)15-4-2-3-5-16(15)20(21,22)23/h6-7,12,15-16H,2-5,8-11H2,1H3,(H,24,26). The Morgan fingerprint density at radius 3 is 2.46 bits per heavy atom. The van der Waals surface area contributed by atoms with E-state index in [2.05, 4.69) is 5.32 Å². The molecule has 8 heteroatoms. The number of aryl methyl sites for hydroxylation is 1. The number of thioether (sulfide) groups is 1. The van der Waals surface area contributed by atoms with E-state index < -0.39 is 23.9 Å². The summed E-state index contributed by atoms with van der Waals surface area (Å²) in [5.41, 5.74) is 1.67. The Hall–Kier alpha value is -1.70. The van der Waals surface area contributed by atoms with Crippen LogP contribution in [0.15, 0.2) is 18.2 Å². The molecule has 2 amide bonds. The molecule has 2 aliphatic rings. The van der Waals surface area contributed by atoms with Crippen molar-refractivity contribution >= 4 is 29.3 Å². The van der Waals surface area contributed by atoms with E-state index >= 15 is 0 Å². The Balaban J connectivity index is 1.70. The third kappa shape index (κ3) is 4.82. The number of anilines is 1. The highest BCUT2D eigenvalue weighted by molar-refractivity contribution is 7.99. The van der Waals surface area contributed by atoms with Gasteiger partial charge in [0.15, 0.2) is 0 Å². The molecule has 2 unspecified atom stereocenters. The lowest BCUT2D eigenvalue weighted by atomic mass is 9.78. The van der Waals surface area contributed by atoms with Gasteiger partial charge in [-0.05, 0) is 43.5 Å². The molecule has 1 N–H and O–H groups in total. The molecule has 154 valence electrons. The summed E-state index contributed by atoms with van der Waals surface area (Å²) < 4.78 is 39.8. The van der Waals surface area contributed by atoms with Crippen molar-refractivity contribution in [1.29, 1.82) is 0 Å². The van der Waals surface area contributed by atoms with E-state index in [-0.39, 0.29) is 18.7 Å². The van der Waals surface area contributed by atoms with Crippen molar-refractivity contribution in [3.8, 4) is 0 Å². The molecule has 4 nitrogen and oxygen atoms in total. The second kappa shape index (κ2) is 8.76. The van der Waals surface area contributed by atoms with E-state index in [1.807, 2.05) is 11.8 Å². The first-order chi connectivity index (χ1) is 13.3. The van der Waals surface area contributed by atoms with Crippen molar-refractivity contribution in [2.75, 3.05) is 29.9 Å². The first-order valence-electron chi connectivity index (χ1n) is 9.62. The number of carbonyl (C=O) groups excluding carboxylic acids is 2. The first kappa shape index (κ1) is 21.0. The van der Waals surface area contributed by atoms with E-state index in [0.29, 0.717) is 42.7 Å². The summed E-state index contributed by atoms with van der Waals surface area (Å²) in [4.78, 5) is 26.9. The van der Waals surface area contributed by atoms with Crippen LogP contribution in [-0.2, 0) is 4.79 Å². The van der Waals surface area contributed by atoms with E-state index in [4.69, 9.17) is 0 Å². The fourth-order valence-corrected chi connectivity index (χ4v) is 4.85. The lowest BCUT2D eigenvalue weighted by Gasteiger charge is -2.32. The molecule has 1 saturated heterocycles. The smallest absolute Gasteiger partial charge is 0.337 e. The molecule has 1 saturated carbocycles. The highest BCUT2D eigenvalue weighted by Gasteiger charge is 2.48. The van der Waals surface area contributed by atoms with Gasteiger partial charge in [0, 0.05) is 41.8 Å². The Kier molecular flexibility index (Phi) is 6.58. The van der Waals surface area contributed by atoms with Crippen LogP contribution in [0.4, 0.5) is 18.9 Å².